The first-order chi connectivity index (χ1) is 14.7. The predicted octanol–water partition coefficient (Wildman–Crippen LogP) is 1.53. The summed E-state index contributed by atoms with van der Waals surface area (Å²) in [6.45, 7) is -0.217. The average Bonchev–Trinajstić information content (AvgIpc) is 3.09. The van der Waals surface area contributed by atoms with Crippen LogP contribution in [0.5, 0.6) is 0 Å². The second kappa shape index (κ2) is 7.19. The molecule has 2 N–H and O–H groups in total. The summed E-state index contributed by atoms with van der Waals surface area (Å²) < 4.78 is 9.59. The van der Waals surface area contributed by atoms with E-state index in [9.17, 15) is 24.6 Å². The number of rotatable bonds is 4. The van der Waals surface area contributed by atoms with Crippen LogP contribution in [0.25, 0.3) is 0 Å². The van der Waals surface area contributed by atoms with Gasteiger partial charge in [-0.2, -0.15) is 0 Å². The van der Waals surface area contributed by atoms with Crippen LogP contribution in [0.4, 0.5) is 0 Å². The molecule has 0 radical (unpaired) electrons. The van der Waals surface area contributed by atoms with Gasteiger partial charge in [0.15, 0.2) is 0 Å². The van der Waals surface area contributed by atoms with E-state index in [4.69, 9.17) is 21.1 Å². The number of ketones is 1. The first kappa shape index (κ1) is 21.0. The van der Waals surface area contributed by atoms with E-state index in [1.165, 1.54) is 12.1 Å². The number of Topliss-reactive ketones (excluding diaryl/α,β-unsaturated/α-hetero) is 1. The maximum atomic E-state index is 13.3. The van der Waals surface area contributed by atoms with Crippen LogP contribution in [0.3, 0.4) is 0 Å². The van der Waals surface area contributed by atoms with Crippen molar-refractivity contribution in [1.82, 2.24) is 4.90 Å². The molecule has 0 spiro atoms. The summed E-state index contributed by atoms with van der Waals surface area (Å²) in [6, 6.07) is 12.7. The van der Waals surface area contributed by atoms with Crippen molar-refractivity contribution in [3.8, 4) is 0 Å². The van der Waals surface area contributed by atoms with Crippen LogP contribution in [0, 0.1) is 0 Å². The zero-order valence-corrected chi connectivity index (χ0v) is 17.3. The third-order valence-electron chi connectivity index (χ3n) is 5.69. The molecular formula is C22H18ClNO7. The Labute approximate surface area is 182 Å². The predicted molar refractivity (Wildman–Crippen MR) is 108 cm³/mol. The molecule has 1 aliphatic carbocycles. The number of nitrogens with zero attached hydrogens (tertiary/aromatic N) is 1. The van der Waals surface area contributed by atoms with Crippen LogP contribution in [-0.2, 0) is 31.3 Å². The lowest BCUT2D eigenvalue weighted by Gasteiger charge is -2.40. The number of hydrogen-bond acceptors (Lipinski definition) is 8. The van der Waals surface area contributed by atoms with Crippen molar-refractivity contribution in [2.75, 3.05) is 14.2 Å². The number of ether oxygens (including phenoxy) is 2. The standard InChI is InChI=1S/C22H18ClNO7/c1-30-19(26)16-17(20(27)31-2)24(11-12-7-3-6-10-15(12)23)22(29)14-9-5-4-8-13(14)18(25)21(16,22)28/h3-10,28-29H,11H2,1-2H3/t21-,22+/m0/s1. The molecule has 8 nitrogen and oxygen atoms in total. The van der Waals surface area contributed by atoms with Crippen molar-refractivity contribution >= 4 is 29.3 Å². The van der Waals surface area contributed by atoms with Gasteiger partial charge < -0.3 is 24.6 Å². The van der Waals surface area contributed by atoms with Crippen molar-refractivity contribution in [3.63, 3.8) is 0 Å². The average molecular weight is 444 g/mol. The third-order valence-corrected chi connectivity index (χ3v) is 6.06. The summed E-state index contributed by atoms with van der Waals surface area (Å²) in [7, 11) is 2.12. The number of halogens is 1. The van der Waals surface area contributed by atoms with Crippen LogP contribution < -0.4 is 0 Å². The Bertz CT molecular complexity index is 1160. The van der Waals surface area contributed by atoms with Gasteiger partial charge in [-0.1, -0.05) is 54.1 Å². The fourth-order valence-electron chi connectivity index (χ4n) is 4.28. The lowest BCUT2D eigenvalue weighted by atomic mass is 9.85. The highest BCUT2D eigenvalue weighted by molar-refractivity contribution is 6.31. The lowest BCUT2D eigenvalue weighted by Crippen LogP contribution is -2.57. The SMILES string of the molecule is COC(=O)C1=C(C(=O)OC)[C@]2(O)C(=O)c3ccccc3[C@]2(O)N1Cc1ccccc1Cl. The van der Waals surface area contributed by atoms with Crippen molar-refractivity contribution < 1.29 is 34.1 Å². The summed E-state index contributed by atoms with van der Waals surface area (Å²) in [6.07, 6.45) is 0. The van der Waals surface area contributed by atoms with Gasteiger partial charge in [-0.25, -0.2) is 9.59 Å². The highest BCUT2D eigenvalue weighted by atomic mass is 35.5. The number of carbonyl (C=O) groups excluding carboxylic acids is 3. The summed E-state index contributed by atoms with van der Waals surface area (Å²) >= 11 is 6.28. The number of benzene rings is 2. The monoisotopic (exact) mass is 443 g/mol. The maximum Gasteiger partial charge on any atom is 0.355 e. The van der Waals surface area contributed by atoms with Crippen LogP contribution in [0.2, 0.25) is 5.02 Å². The Morgan fingerprint density at radius 1 is 1.00 bits per heavy atom. The van der Waals surface area contributed by atoms with Crippen molar-refractivity contribution in [3.05, 3.63) is 81.5 Å². The van der Waals surface area contributed by atoms with E-state index < -0.39 is 40.3 Å². The molecule has 2 atom stereocenters. The van der Waals surface area contributed by atoms with Crippen molar-refractivity contribution in [2.45, 2.75) is 17.9 Å². The number of carbonyl (C=O) groups is 3. The van der Waals surface area contributed by atoms with Gasteiger partial charge in [0.05, 0.1) is 14.2 Å². The van der Waals surface area contributed by atoms with E-state index in [1.807, 2.05) is 0 Å². The number of methoxy groups -OCH3 is 2. The molecule has 4 rings (SSSR count). The molecule has 0 aromatic heterocycles. The lowest BCUT2D eigenvalue weighted by molar-refractivity contribution is -0.180. The Morgan fingerprint density at radius 3 is 2.26 bits per heavy atom. The molecule has 2 aromatic rings. The van der Waals surface area contributed by atoms with Gasteiger partial charge in [0.25, 0.3) is 0 Å². The molecular weight excluding hydrogens is 426 g/mol. The minimum atomic E-state index is -2.80. The quantitative estimate of drug-likeness (QED) is 0.684. The number of fused-ring (bicyclic) bond motifs is 3. The van der Waals surface area contributed by atoms with Crippen LogP contribution in [-0.4, -0.2) is 52.7 Å². The summed E-state index contributed by atoms with van der Waals surface area (Å²) in [4.78, 5) is 39.9. The van der Waals surface area contributed by atoms with Gasteiger partial charge in [-0.05, 0) is 11.6 Å². The molecule has 0 amide bonds. The van der Waals surface area contributed by atoms with Gasteiger partial charge in [-0.15, -0.1) is 0 Å². The molecule has 2 aliphatic rings. The van der Waals surface area contributed by atoms with Crippen LogP contribution in [0.1, 0.15) is 21.5 Å². The molecule has 1 heterocycles. The molecule has 0 saturated heterocycles. The van der Waals surface area contributed by atoms with Crippen LogP contribution in [0.15, 0.2) is 59.8 Å². The minimum absolute atomic E-state index is 0.0157. The number of esters is 2. The van der Waals surface area contributed by atoms with Crippen molar-refractivity contribution in [2.24, 2.45) is 0 Å². The van der Waals surface area contributed by atoms with Gasteiger partial charge >= 0.3 is 11.9 Å². The Morgan fingerprint density at radius 2 is 1.61 bits per heavy atom. The normalized spacial score (nSPS) is 24.2. The van der Waals surface area contributed by atoms with Gasteiger partial charge in [0.2, 0.25) is 17.1 Å². The Hall–Kier alpha value is -3.20. The molecule has 31 heavy (non-hydrogen) atoms. The van der Waals surface area contributed by atoms with Crippen LogP contribution >= 0.6 is 11.6 Å². The Balaban J connectivity index is 2.05. The molecule has 9 heteroatoms. The number of hydrogen-bond donors (Lipinski definition) is 2. The van der Waals surface area contributed by atoms with Gasteiger partial charge in [0, 0.05) is 22.7 Å². The third kappa shape index (κ3) is 2.59. The highest BCUT2D eigenvalue weighted by Gasteiger charge is 2.74. The smallest absolute Gasteiger partial charge is 0.355 e. The summed E-state index contributed by atoms with van der Waals surface area (Å²) in [5.74, 6) is -3.12. The topological polar surface area (TPSA) is 113 Å². The van der Waals surface area contributed by atoms with E-state index in [-0.39, 0.29) is 17.7 Å². The van der Waals surface area contributed by atoms with E-state index in [0.29, 0.717) is 10.6 Å². The van der Waals surface area contributed by atoms with Gasteiger partial charge in [-0.3, -0.25) is 4.79 Å². The largest absolute Gasteiger partial charge is 0.466 e. The van der Waals surface area contributed by atoms with E-state index in [2.05, 4.69) is 0 Å². The van der Waals surface area contributed by atoms with E-state index in [0.717, 1.165) is 19.1 Å². The molecule has 0 unspecified atom stereocenters. The highest BCUT2D eigenvalue weighted by Crippen LogP contribution is 2.57. The second-order valence-corrected chi connectivity index (χ2v) is 7.55. The Kier molecular flexibility index (Phi) is 4.88. The molecule has 160 valence electrons. The second-order valence-electron chi connectivity index (χ2n) is 7.14. The summed E-state index contributed by atoms with van der Waals surface area (Å²) in [5.41, 5.74) is -5.93. The minimum Gasteiger partial charge on any atom is -0.466 e. The zero-order chi connectivity index (χ0) is 22.6. The molecule has 2 aromatic carbocycles. The fraction of sp³-hybridized carbons (Fsp3) is 0.227. The zero-order valence-electron chi connectivity index (χ0n) is 16.6. The molecule has 0 saturated carbocycles. The maximum absolute atomic E-state index is 13.3. The summed E-state index contributed by atoms with van der Waals surface area (Å²) in [5, 5.41) is 23.9. The van der Waals surface area contributed by atoms with E-state index >= 15 is 0 Å². The molecule has 0 fully saturated rings. The number of aliphatic hydroxyl groups is 2. The van der Waals surface area contributed by atoms with Gasteiger partial charge in [0.1, 0.15) is 11.3 Å². The van der Waals surface area contributed by atoms with Crippen molar-refractivity contribution in [1.29, 1.82) is 0 Å². The first-order valence-electron chi connectivity index (χ1n) is 9.25. The molecule has 1 aliphatic heterocycles. The molecule has 0 bridgehead atoms. The first-order valence-corrected chi connectivity index (χ1v) is 9.62. The van der Waals surface area contributed by atoms with E-state index in [1.54, 1.807) is 36.4 Å². The fourth-order valence-corrected chi connectivity index (χ4v) is 4.47.